The highest BCUT2D eigenvalue weighted by atomic mass is 16.5. The van der Waals surface area contributed by atoms with Gasteiger partial charge < -0.3 is 19.7 Å². The molecule has 0 saturated carbocycles. The van der Waals surface area contributed by atoms with Gasteiger partial charge in [0, 0.05) is 24.4 Å². The number of hydrogen-bond acceptors (Lipinski definition) is 7. The Morgan fingerprint density at radius 2 is 2.25 bits per heavy atom. The van der Waals surface area contributed by atoms with Gasteiger partial charge in [0.1, 0.15) is 6.61 Å². The monoisotopic (exact) mass is 380 g/mol. The van der Waals surface area contributed by atoms with Crippen LogP contribution >= 0.6 is 0 Å². The molecule has 1 unspecified atom stereocenters. The second kappa shape index (κ2) is 7.87. The summed E-state index contributed by atoms with van der Waals surface area (Å²) in [6, 6.07) is 9.15. The largest absolute Gasteiger partial charge is 0.390 e. The zero-order chi connectivity index (χ0) is 19.5. The van der Waals surface area contributed by atoms with E-state index in [4.69, 9.17) is 9.26 Å². The number of benzene rings is 1. The molecule has 8 nitrogen and oxygen atoms in total. The zero-order valence-electron chi connectivity index (χ0n) is 15.4. The maximum absolute atomic E-state index is 12.6. The van der Waals surface area contributed by atoms with Gasteiger partial charge >= 0.3 is 0 Å². The van der Waals surface area contributed by atoms with Crippen LogP contribution in [-0.2, 0) is 24.4 Å². The summed E-state index contributed by atoms with van der Waals surface area (Å²) in [5.74, 6) is 0.778. The van der Waals surface area contributed by atoms with Crippen molar-refractivity contribution in [3.8, 4) is 11.4 Å². The smallest absolute Gasteiger partial charge is 0.252 e. The Morgan fingerprint density at radius 1 is 1.36 bits per heavy atom. The molecule has 144 valence electrons. The average Bonchev–Trinajstić information content (AvgIpc) is 3.35. The zero-order valence-corrected chi connectivity index (χ0v) is 15.4. The molecule has 2 aromatic heterocycles. The maximum atomic E-state index is 12.6. The van der Waals surface area contributed by atoms with Crippen molar-refractivity contribution in [2.45, 2.75) is 32.1 Å². The molecule has 4 rings (SSSR count). The lowest BCUT2D eigenvalue weighted by Crippen LogP contribution is -2.27. The van der Waals surface area contributed by atoms with Gasteiger partial charge in [0.05, 0.1) is 18.3 Å². The van der Waals surface area contributed by atoms with Crippen molar-refractivity contribution in [3.05, 3.63) is 64.8 Å². The summed E-state index contributed by atoms with van der Waals surface area (Å²) < 4.78 is 10.2. The standard InChI is InChI=1S/C20H20N4O4/c1-27-11-18-23-19(24-28-18)13-2-4-16-12(8-13)3-5-17(16)22-20(26)14-6-7-21-15(9-14)10-25/h2,4,6-9,17,25H,3,5,10-11H2,1H3,(H,22,26). The molecule has 1 aliphatic rings. The number of aryl methyl sites for hydroxylation is 1. The minimum Gasteiger partial charge on any atom is -0.390 e. The number of pyridine rings is 1. The SMILES string of the molecule is COCc1nc(-c2ccc3c(c2)CCC3NC(=O)c2ccnc(CO)c2)no1. The van der Waals surface area contributed by atoms with Gasteiger partial charge in [0.25, 0.3) is 11.8 Å². The van der Waals surface area contributed by atoms with E-state index in [1.54, 1.807) is 19.2 Å². The Labute approximate surface area is 161 Å². The third-order valence-electron chi connectivity index (χ3n) is 4.76. The lowest BCUT2D eigenvalue weighted by atomic mass is 10.0. The lowest BCUT2D eigenvalue weighted by Gasteiger charge is -2.14. The minimum absolute atomic E-state index is 0.0587. The van der Waals surface area contributed by atoms with Gasteiger partial charge in [-0.1, -0.05) is 17.3 Å². The first-order valence-electron chi connectivity index (χ1n) is 8.99. The molecule has 2 heterocycles. The van der Waals surface area contributed by atoms with E-state index in [0.717, 1.165) is 29.5 Å². The Morgan fingerprint density at radius 3 is 3.07 bits per heavy atom. The number of carbonyl (C=O) groups is 1. The molecule has 28 heavy (non-hydrogen) atoms. The van der Waals surface area contributed by atoms with Crippen LogP contribution in [0.2, 0.25) is 0 Å². The molecule has 0 radical (unpaired) electrons. The number of rotatable bonds is 6. The van der Waals surface area contributed by atoms with Crippen molar-refractivity contribution in [1.82, 2.24) is 20.4 Å². The molecular formula is C20H20N4O4. The van der Waals surface area contributed by atoms with E-state index in [9.17, 15) is 9.90 Å². The van der Waals surface area contributed by atoms with Crippen LogP contribution in [0.5, 0.6) is 0 Å². The fraction of sp³-hybridized carbons (Fsp3) is 0.300. The Hall–Kier alpha value is -3.10. The quantitative estimate of drug-likeness (QED) is 0.674. The number of aromatic nitrogens is 3. The molecule has 0 fully saturated rings. The number of aliphatic hydroxyl groups excluding tert-OH is 1. The summed E-state index contributed by atoms with van der Waals surface area (Å²) in [6.07, 6.45) is 3.21. The first-order valence-corrected chi connectivity index (χ1v) is 8.99. The second-order valence-corrected chi connectivity index (χ2v) is 6.62. The van der Waals surface area contributed by atoms with Gasteiger partial charge in [-0.05, 0) is 42.2 Å². The van der Waals surface area contributed by atoms with Gasteiger partial charge in [-0.3, -0.25) is 9.78 Å². The van der Waals surface area contributed by atoms with Crippen molar-refractivity contribution in [1.29, 1.82) is 0 Å². The topological polar surface area (TPSA) is 110 Å². The number of nitrogens with one attached hydrogen (secondary N) is 1. The van der Waals surface area contributed by atoms with Crippen LogP contribution in [0.15, 0.2) is 41.1 Å². The molecule has 1 amide bonds. The van der Waals surface area contributed by atoms with Gasteiger partial charge in [0.2, 0.25) is 5.82 Å². The number of aliphatic hydroxyl groups is 1. The third kappa shape index (κ3) is 3.64. The molecule has 1 aliphatic carbocycles. The van der Waals surface area contributed by atoms with E-state index in [2.05, 4.69) is 20.4 Å². The predicted octanol–water partition coefficient (Wildman–Crippen LogP) is 2.19. The summed E-state index contributed by atoms with van der Waals surface area (Å²) in [5.41, 5.74) is 4.08. The van der Waals surface area contributed by atoms with Crippen LogP contribution in [0.3, 0.4) is 0 Å². The summed E-state index contributed by atoms with van der Waals surface area (Å²) >= 11 is 0. The molecular weight excluding hydrogens is 360 g/mol. The van der Waals surface area contributed by atoms with Crippen LogP contribution in [0.1, 0.15) is 45.5 Å². The molecule has 2 N–H and O–H groups in total. The van der Waals surface area contributed by atoms with Crippen LogP contribution in [-0.4, -0.2) is 33.2 Å². The van der Waals surface area contributed by atoms with Crippen molar-refractivity contribution >= 4 is 5.91 Å². The van der Waals surface area contributed by atoms with Gasteiger partial charge in [0.15, 0.2) is 0 Å². The highest BCUT2D eigenvalue weighted by molar-refractivity contribution is 5.94. The van der Waals surface area contributed by atoms with E-state index < -0.39 is 0 Å². The molecule has 3 aromatic rings. The molecule has 0 spiro atoms. The molecule has 1 atom stereocenters. The predicted molar refractivity (Wildman–Crippen MR) is 99.1 cm³/mol. The van der Waals surface area contributed by atoms with Gasteiger partial charge in [-0.2, -0.15) is 4.98 Å². The van der Waals surface area contributed by atoms with Gasteiger partial charge in [-0.15, -0.1) is 0 Å². The number of hydrogen-bond donors (Lipinski definition) is 2. The Bertz CT molecular complexity index is 1000. The number of fused-ring (bicyclic) bond motifs is 1. The summed E-state index contributed by atoms with van der Waals surface area (Å²) in [5, 5.41) is 16.3. The molecule has 0 saturated heterocycles. The first kappa shape index (κ1) is 18.3. The van der Waals surface area contributed by atoms with Crippen molar-refractivity contribution in [3.63, 3.8) is 0 Å². The van der Waals surface area contributed by atoms with Crippen molar-refractivity contribution < 1.29 is 19.2 Å². The fourth-order valence-corrected chi connectivity index (χ4v) is 3.41. The van der Waals surface area contributed by atoms with Crippen LogP contribution in [0, 0.1) is 0 Å². The number of amides is 1. The van der Waals surface area contributed by atoms with Gasteiger partial charge in [-0.25, -0.2) is 0 Å². The average molecular weight is 380 g/mol. The molecule has 0 bridgehead atoms. The summed E-state index contributed by atoms with van der Waals surface area (Å²) in [6.45, 7) is 0.0807. The molecule has 0 aliphatic heterocycles. The minimum atomic E-state index is -0.196. The number of methoxy groups -OCH3 is 1. The molecule has 1 aromatic carbocycles. The fourth-order valence-electron chi connectivity index (χ4n) is 3.41. The number of nitrogens with zero attached hydrogens (tertiary/aromatic N) is 3. The van der Waals surface area contributed by atoms with Crippen LogP contribution < -0.4 is 5.32 Å². The van der Waals surface area contributed by atoms with E-state index in [1.807, 2.05) is 18.2 Å². The van der Waals surface area contributed by atoms with E-state index in [1.165, 1.54) is 6.20 Å². The Balaban J connectivity index is 1.50. The summed E-state index contributed by atoms with van der Waals surface area (Å²) in [7, 11) is 1.57. The summed E-state index contributed by atoms with van der Waals surface area (Å²) in [4.78, 5) is 20.9. The first-order chi connectivity index (χ1) is 13.7. The number of ether oxygens (including phenoxy) is 1. The second-order valence-electron chi connectivity index (χ2n) is 6.62. The molecule has 8 heteroatoms. The van der Waals surface area contributed by atoms with E-state index in [0.29, 0.717) is 23.0 Å². The van der Waals surface area contributed by atoms with E-state index in [-0.39, 0.29) is 25.2 Å². The number of carbonyl (C=O) groups excluding carboxylic acids is 1. The highest BCUT2D eigenvalue weighted by Crippen LogP contribution is 2.34. The normalized spacial score (nSPS) is 15.4. The van der Waals surface area contributed by atoms with Crippen molar-refractivity contribution in [2.24, 2.45) is 0 Å². The van der Waals surface area contributed by atoms with Crippen LogP contribution in [0.4, 0.5) is 0 Å². The Kier molecular flexibility index (Phi) is 5.14. The lowest BCUT2D eigenvalue weighted by molar-refractivity contribution is 0.0936. The third-order valence-corrected chi connectivity index (χ3v) is 4.76. The van der Waals surface area contributed by atoms with Crippen LogP contribution in [0.25, 0.3) is 11.4 Å². The maximum Gasteiger partial charge on any atom is 0.252 e. The van der Waals surface area contributed by atoms with Crippen molar-refractivity contribution in [2.75, 3.05) is 7.11 Å². The highest BCUT2D eigenvalue weighted by Gasteiger charge is 2.25. The van der Waals surface area contributed by atoms with E-state index >= 15 is 0 Å².